The molecule has 3 amide bonds. The van der Waals surface area contributed by atoms with Crippen molar-refractivity contribution in [3.8, 4) is 22.5 Å². The van der Waals surface area contributed by atoms with Crippen molar-refractivity contribution in [2.24, 2.45) is 0 Å². The van der Waals surface area contributed by atoms with Gasteiger partial charge in [-0.1, -0.05) is 95.1 Å². The number of fused-ring (bicyclic) bond motifs is 2. The number of amides is 3. The molecule has 7 N–H and O–H groups in total. The molecule has 82 heavy (non-hydrogen) atoms. The quantitative estimate of drug-likeness (QED) is 0.0259. The van der Waals surface area contributed by atoms with Crippen LogP contribution in [0.25, 0.3) is 44.3 Å². The maximum absolute atomic E-state index is 13.3. The second-order valence-electron chi connectivity index (χ2n) is 19.8. The second-order valence-corrected chi connectivity index (χ2v) is 21.7. The third-order valence-corrected chi connectivity index (χ3v) is 14.7. The summed E-state index contributed by atoms with van der Waals surface area (Å²) >= 11 is 20.9. The van der Waals surface area contributed by atoms with Gasteiger partial charge in [0.2, 0.25) is 23.0 Å². The van der Waals surface area contributed by atoms with E-state index in [0.29, 0.717) is 93.9 Å². The lowest BCUT2D eigenvalue weighted by Gasteiger charge is -2.32. The number of piperidine rings is 2. The molecule has 10 rings (SSSR count). The Bertz CT molecular complexity index is 3590. The number of allylic oxidation sites excluding steroid dienone is 2. The number of nitrogens with one attached hydrogen (secondary N) is 5. The number of anilines is 4. The number of carbonyl (C=O) groups excluding carboxylic acids is 4. The number of H-pyrrole nitrogens is 2. The Hall–Kier alpha value is -7.61. The van der Waals surface area contributed by atoms with Crippen LogP contribution in [0.3, 0.4) is 0 Å². The zero-order valence-electron chi connectivity index (χ0n) is 45.3. The average molecular weight is 1230 g/mol. The number of nitrogen functional groups attached to an aromatic ring is 1. The van der Waals surface area contributed by atoms with E-state index >= 15 is 0 Å². The third-order valence-electron chi connectivity index (χ3n) is 13.7. The fraction of sp³-hybridized carbons (Fsp3) is 0.279. The van der Waals surface area contributed by atoms with Crippen LogP contribution >= 0.6 is 50.7 Å². The summed E-state index contributed by atoms with van der Waals surface area (Å²) in [4.78, 5) is 78.8. The molecule has 0 aliphatic carbocycles. The highest BCUT2D eigenvalue weighted by molar-refractivity contribution is 9.09. The van der Waals surface area contributed by atoms with Crippen molar-refractivity contribution in [1.29, 1.82) is 0 Å². The maximum atomic E-state index is 13.3. The SMILES string of the molecule is C.Cc1cc(N)ccc1C(=O)N1CCC(Nc2ncc(Cl)c(-c3c[nH]c4ccccc34)n2)CC1.Cc1cc(NC(=O)/C=C/CN(C)C)ccc1C(=O)N1CCC(Nc2ncc(Cl)c(-c3c[nH]c4ccccc34)n2)CC1.O=C(Cl)/C=C/CBr. The van der Waals surface area contributed by atoms with E-state index in [1.54, 1.807) is 42.7 Å². The number of benzene rings is 4. The van der Waals surface area contributed by atoms with Gasteiger partial charge in [0.05, 0.1) is 33.8 Å². The van der Waals surface area contributed by atoms with Gasteiger partial charge >= 0.3 is 0 Å². The second kappa shape index (κ2) is 29.4. The number of hydrogen-bond acceptors (Lipinski definition) is 12. The molecule has 8 aromatic rings. The number of nitrogens with zero attached hydrogens (tertiary/aromatic N) is 7. The van der Waals surface area contributed by atoms with Gasteiger partial charge in [0.15, 0.2) is 0 Å². The first kappa shape index (κ1) is 62.0. The first-order valence-electron chi connectivity index (χ1n) is 26.4. The Labute approximate surface area is 501 Å². The molecule has 428 valence electrons. The van der Waals surface area contributed by atoms with Gasteiger partial charge < -0.3 is 46.4 Å². The van der Waals surface area contributed by atoms with Crippen molar-refractivity contribution in [2.45, 2.75) is 59.0 Å². The van der Waals surface area contributed by atoms with E-state index in [4.69, 9.17) is 50.5 Å². The number of aromatic nitrogens is 6. The molecule has 0 unspecified atom stereocenters. The number of alkyl halides is 1. The topological polar surface area (TPSA) is 223 Å². The third kappa shape index (κ3) is 16.3. The predicted octanol–water partition coefficient (Wildman–Crippen LogP) is 12.6. The number of para-hydroxylation sites is 2. The van der Waals surface area contributed by atoms with Crippen molar-refractivity contribution in [3.63, 3.8) is 0 Å². The van der Waals surface area contributed by atoms with Crippen LogP contribution in [0.1, 0.15) is 65.0 Å². The monoisotopic (exact) mass is 1230 g/mol. The van der Waals surface area contributed by atoms with E-state index in [-0.39, 0.29) is 37.2 Å². The minimum absolute atomic E-state index is 0. The maximum Gasteiger partial charge on any atom is 0.254 e. The highest BCUT2D eigenvalue weighted by Crippen LogP contribution is 2.34. The van der Waals surface area contributed by atoms with Gasteiger partial charge in [0.1, 0.15) is 0 Å². The minimum atomic E-state index is -0.431. The number of likely N-dealkylation sites (N-methyl/N-ethyl adjacent to an activating group) is 1. The number of likely N-dealkylation sites (tertiary alicyclic amines) is 2. The molecule has 21 heteroatoms. The Morgan fingerprint density at radius 2 is 1.17 bits per heavy atom. The zero-order chi connectivity index (χ0) is 57.6. The minimum Gasteiger partial charge on any atom is -0.399 e. The first-order chi connectivity index (χ1) is 39.0. The number of rotatable bonds is 14. The predicted molar refractivity (Wildman–Crippen MR) is 337 cm³/mol. The lowest BCUT2D eigenvalue weighted by atomic mass is 10.0. The molecule has 0 atom stereocenters. The fourth-order valence-electron chi connectivity index (χ4n) is 9.55. The summed E-state index contributed by atoms with van der Waals surface area (Å²) in [5.74, 6) is 0.908. The average Bonchev–Trinajstić information content (AvgIpc) is 4.14. The molecule has 6 heterocycles. The van der Waals surface area contributed by atoms with Gasteiger partial charge in [0, 0.05) is 124 Å². The molecule has 4 aromatic carbocycles. The van der Waals surface area contributed by atoms with Crippen LogP contribution in [0.2, 0.25) is 10.0 Å². The number of hydrogen-bond donors (Lipinski definition) is 6. The van der Waals surface area contributed by atoms with Crippen molar-refractivity contribution < 1.29 is 19.2 Å². The molecule has 4 aromatic heterocycles. The number of carbonyl (C=O) groups is 4. The molecule has 2 fully saturated rings. The molecular weight excluding hydrogens is 1170 g/mol. The van der Waals surface area contributed by atoms with E-state index in [0.717, 1.165) is 69.7 Å². The summed E-state index contributed by atoms with van der Waals surface area (Å²) < 4.78 is 0. The van der Waals surface area contributed by atoms with Crippen molar-refractivity contribution in [3.05, 3.63) is 166 Å². The molecule has 2 saturated heterocycles. The Morgan fingerprint density at radius 3 is 1.61 bits per heavy atom. The van der Waals surface area contributed by atoms with Crippen LogP contribution in [0.5, 0.6) is 0 Å². The standard InChI is InChI=1S/C31H34ClN7O2.C25H25ClN6O.C4H4BrClO.CH4/c1-20-17-22(35-28(40)9-6-14-38(2)3)10-11-23(20)30(41)39-15-12-21(13-16-39)36-31-34-19-26(32)29(37-31)25-18-33-27-8-5-4-7-24(25)27;1-15-12-16(27)6-7-18(15)24(33)32-10-8-17(9-11-32)30-25-29-14-21(26)23(31-25)20-13-28-22-5-3-2-4-19(20)22;5-3-1-2-4(6)7;/h4-11,17-19,21,33H,12-16H2,1-3H3,(H,35,40)(H,34,36,37);2-7,12-14,17,28H,8-11,27H2,1H3,(H,29,30,31);1-2H,3H2;1H4/b9-6+;;2-1+;. The summed E-state index contributed by atoms with van der Waals surface area (Å²) in [5.41, 5.74) is 15.5. The smallest absolute Gasteiger partial charge is 0.254 e. The number of nitrogens with two attached hydrogens (primary N) is 1. The number of aryl methyl sites for hydroxylation is 2. The molecular formula is C61H67BrCl3N13O4. The molecule has 17 nitrogen and oxygen atoms in total. The Kier molecular flexibility index (Phi) is 22.2. The highest BCUT2D eigenvalue weighted by atomic mass is 79.9. The zero-order valence-corrected chi connectivity index (χ0v) is 49.1. The van der Waals surface area contributed by atoms with Gasteiger partial charge in [0.25, 0.3) is 11.8 Å². The molecule has 2 aliphatic rings. The molecule has 0 bridgehead atoms. The summed E-state index contributed by atoms with van der Waals surface area (Å²) in [5, 5.41) is 13.1. The lowest BCUT2D eigenvalue weighted by Crippen LogP contribution is -2.42. The summed E-state index contributed by atoms with van der Waals surface area (Å²) in [7, 11) is 3.88. The Balaban J connectivity index is 0.000000213. The normalized spacial score (nSPS) is 13.8. The van der Waals surface area contributed by atoms with Crippen molar-refractivity contribution in [2.75, 3.05) is 73.8 Å². The van der Waals surface area contributed by atoms with Crippen LogP contribution in [0, 0.1) is 13.8 Å². The molecule has 0 spiro atoms. The lowest BCUT2D eigenvalue weighted by molar-refractivity contribution is -0.112. The van der Waals surface area contributed by atoms with E-state index in [1.807, 2.05) is 122 Å². The van der Waals surface area contributed by atoms with Crippen LogP contribution in [0.15, 0.2) is 134 Å². The van der Waals surface area contributed by atoms with E-state index in [2.05, 4.69) is 51.8 Å². The molecule has 0 saturated carbocycles. The largest absolute Gasteiger partial charge is 0.399 e. The van der Waals surface area contributed by atoms with Crippen LogP contribution in [0.4, 0.5) is 23.3 Å². The summed E-state index contributed by atoms with van der Waals surface area (Å²) in [6.45, 7) is 7.07. The summed E-state index contributed by atoms with van der Waals surface area (Å²) in [6.07, 6.45) is 16.5. The highest BCUT2D eigenvalue weighted by Gasteiger charge is 2.27. The van der Waals surface area contributed by atoms with Crippen LogP contribution in [-0.4, -0.2) is 132 Å². The summed E-state index contributed by atoms with van der Waals surface area (Å²) in [6, 6.07) is 27.2. The molecule has 2 aliphatic heterocycles. The van der Waals surface area contributed by atoms with Gasteiger partial charge in [-0.3, -0.25) is 19.2 Å². The van der Waals surface area contributed by atoms with Gasteiger partial charge in [-0.25, -0.2) is 19.9 Å². The van der Waals surface area contributed by atoms with E-state index in [1.165, 1.54) is 12.2 Å². The van der Waals surface area contributed by atoms with Crippen LogP contribution in [-0.2, 0) is 9.59 Å². The first-order valence-corrected chi connectivity index (χ1v) is 28.6. The molecule has 0 radical (unpaired) electrons. The van der Waals surface area contributed by atoms with E-state index in [9.17, 15) is 19.2 Å². The van der Waals surface area contributed by atoms with Gasteiger partial charge in [-0.15, -0.1) is 0 Å². The van der Waals surface area contributed by atoms with Crippen LogP contribution < -0.4 is 21.7 Å². The van der Waals surface area contributed by atoms with Crippen molar-refractivity contribution >= 4 is 119 Å². The van der Waals surface area contributed by atoms with E-state index < -0.39 is 5.24 Å². The number of halogens is 4. The van der Waals surface area contributed by atoms with Crippen molar-refractivity contribution in [1.82, 2.24) is 44.6 Å². The Morgan fingerprint density at radius 1 is 0.695 bits per heavy atom. The van der Waals surface area contributed by atoms with Gasteiger partial charge in [-0.05, 0) is 131 Å². The van der Waals surface area contributed by atoms with Gasteiger partial charge in [-0.2, -0.15) is 0 Å². The fourth-order valence-corrected chi connectivity index (χ4v) is 10.2. The number of aromatic amines is 2.